The zero-order valence-corrected chi connectivity index (χ0v) is 11.3. The first-order valence-electron chi connectivity index (χ1n) is 4.95. The van der Waals surface area contributed by atoms with E-state index in [2.05, 4.69) is 10.3 Å². The summed E-state index contributed by atoms with van der Waals surface area (Å²) in [5.41, 5.74) is 1.77. The second-order valence-electron chi connectivity index (χ2n) is 3.68. The molecule has 1 N–H and O–H groups in total. The van der Waals surface area contributed by atoms with Crippen molar-refractivity contribution < 1.29 is 8.42 Å². The molecule has 1 atom stereocenters. The van der Waals surface area contributed by atoms with Gasteiger partial charge in [0.05, 0.1) is 11.3 Å². The summed E-state index contributed by atoms with van der Waals surface area (Å²) in [6.45, 7) is 2.44. The van der Waals surface area contributed by atoms with Gasteiger partial charge in [0.15, 0.2) is 0 Å². The van der Waals surface area contributed by atoms with Crippen molar-refractivity contribution in [3.05, 3.63) is 16.6 Å². The van der Waals surface area contributed by atoms with E-state index < -0.39 is 10.0 Å². The molecule has 0 aliphatic carbocycles. The predicted octanol–water partition coefficient (Wildman–Crippen LogP) is 0.685. The zero-order valence-electron chi connectivity index (χ0n) is 9.67. The minimum Gasteiger partial charge on any atom is -0.308 e. The SMILES string of the molecule is CC(NCCS(=O)(=O)N(C)C)c1cncs1. The molecule has 0 bridgehead atoms. The van der Waals surface area contributed by atoms with Crippen LogP contribution in [-0.2, 0) is 10.0 Å². The minimum absolute atomic E-state index is 0.114. The van der Waals surface area contributed by atoms with E-state index >= 15 is 0 Å². The molecule has 16 heavy (non-hydrogen) atoms. The van der Waals surface area contributed by atoms with Crippen molar-refractivity contribution in [1.82, 2.24) is 14.6 Å². The molecule has 92 valence electrons. The molecule has 1 heterocycles. The summed E-state index contributed by atoms with van der Waals surface area (Å²) < 4.78 is 24.2. The highest BCUT2D eigenvalue weighted by atomic mass is 32.2. The van der Waals surface area contributed by atoms with Crippen LogP contribution in [0.2, 0.25) is 0 Å². The quantitative estimate of drug-likeness (QED) is 0.820. The first kappa shape index (κ1) is 13.6. The summed E-state index contributed by atoms with van der Waals surface area (Å²) in [7, 11) is -0.0169. The van der Waals surface area contributed by atoms with Crippen molar-refractivity contribution in [2.45, 2.75) is 13.0 Å². The van der Waals surface area contributed by atoms with Crippen LogP contribution in [-0.4, -0.2) is 44.1 Å². The van der Waals surface area contributed by atoms with E-state index in [1.807, 2.05) is 6.92 Å². The van der Waals surface area contributed by atoms with Gasteiger partial charge in [0.25, 0.3) is 0 Å². The Morgan fingerprint density at radius 1 is 1.56 bits per heavy atom. The second-order valence-corrected chi connectivity index (χ2v) is 6.90. The normalized spacial score (nSPS) is 14.2. The zero-order chi connectivity index (χ0) is 12.2. The third-order valence-electron chi connectivity index (χ3n) is 2.25. The number of aromatic nitrogens is 1. The minimum atomic E-state index is -3.10. The van der Waals surface area contributed by atoms with Crippen LogP contribution in [0.3, 0.4) is 0 Å². The van der Waals surface area contributed by atoms with Gasteiger partial charge >= 0.3 is 0 Å². The number of sulfonamides is 1. The monoisotopic (exact) mass is 263 g/mol. The van der Waals surface area contributed by atoms with E-state index in [1.54, 1.807) is 37.1 Å². The Bertz CT molecular complexity index is 400. The number of nitrogens with zero attached hydrogens (tertiary/aromatic N) is 2. The lowest BCUT2D eigenvalue weighted by Crippen LogP contribution is -2.32. The van der Waals surface area contributed by atoms with Gasteiger partial charge < -0.3 is 5.32 Å². The molecular formula is C9H17N3O2S2. The fourth-order valence-electron chi connectivity index (χ4n) is 1.13. The molecule has 0 amide bonds. The van der Waals surface area contributed by atoms with E-state index in [9.17, 15) is 8.42 Å². The van der Waals surface area contributed by atoms with E-state index in [4.69, 9.17) is 0 Å². The summed E-state index contributed by atoms with van der Waals surface area (Å²) in [4.78, 5) is 5.09. The molecule has 1 aromatic heterocycles. The second kappa shape index (κ2) is 5.72. The van der Waals surface area contributed by atoms with Crippen LogP contribution in [0, 0.1) is 0 Å². The van der Waals surface area contributed by atoms with E-state index in [0.717, 1.165) is 4.88 Å². The predicted molar refractivity (Wildman–Crippen MR) is 66.0 cm³/mol. The summed E-state index contributed by atoms with van der Waals surface area (Å²) >= 11 is 1.56. The van der Waals surface area contributed by atoms with Gasteiger partial charge in [0.2, 0.25) is 10.0 Å². The van der Waals surface area contributed by atoms with Crippen LogP contribution in [0.15, 0.2) is 11.7 Å². The number of rotatable bonds is 6. The van der Waals surface area contributed by atoms with Gasteiger partial charge in [0.1, 0.15) is 0 Å². The Balaban J connectivity index is 2.37. The molecule has 1 unspecified atom stereocenters. The standard InChI is InChI=1S/C9H17N3O2S2/c1-8(9-6-10-7-15-9)11-4-5-16(13,14)12(2)3/h6-8,11H,4-5H2,1-3H3. The van der Waals surface area contributed by atoms with Crippen LogP contribution in [0.1, 0.15) is 17.8 Å². The molecule has 0 spiro atoms. The number of hydrogen-bond acceptors (Lipinski definition) is 5. The molecule has 7 heteroatoms. The number of hydrogen-bond donors (Lipinski definition) is 1. The van der Waals surface area contributed by atoms with Crippen LogP contribution in [0.4, 0.5) is 0 Å². The lowest BCUT2D eigenvalue weighted by Gasteiger charge is -2.14. The van der Waals surface area contributed by atoms with E-state index in [0.29, 0.717) is 6.54 Å². The van der Waals surface area contributed by atoms with Crippen molar-refractivity contribution in [2.24, 2.45) is 0 Å². The average molecular weight is 263 g/mol. The maximum Gasteiger partial charge on any atom is 0.214 e. The molecule has 5 nitrogen and oxygen atoms in total. The van der Waals surface area contributed by atoms with Gasteiger partial charge in [-0.2, -0.15) is 0 Å². The molecule has 0 aliphatic rings. The van der Waals surface area contributed by atoms with Crippen molar-refractivity contribution in [2.75, 3.05) is 26.4 Å². The lowest BCUT2D eigenvalue weighted by atomic mass is 10.3. The molecule has 1 rings (SSSR count). The first-order valence-corrected chi connectivity index (χ1v) is 7.44. The third kappa shape index (κ3) is 3.82. The molecular weight excluding hydrogens is 246 g/mol. The van der Waals surface area contributed by atoms with E-state index in [-0.39, 0.29) is 11.8 Å². The van der Waals surface area contributed by atoms with Crippen molar-refractivity contribution >= 4 is 21.4 Å². The maximum atomic E-state index is 11.5. The molecule has 0 aliphatic heterocycles. The molecule has 0 fully saturated rings. The summed E-state index contributed by atoms with van der Waals surface area (Å²) in [5, 5.41) is 3.16. The highest BCUT2D eigenvalue weighted by Crippen LogP contribution is 2.15. The van der Waals surface area contributed by atoms with Gasteiger partial charge in [-0.15, -0.1) is 11.3 Å². The Kier molecular flexibility index (Phi) is 4.85. The first-order chi connectivity index (χ1) is 7.43. The smallest absolute Gasteiger partial charge is 0.214 e. The van der Waals surface area contributed by atoms with Crippen LogP contribution in [0.25, 0.3) is 0 Å². The van der Waals surface area contributed by atoms with Gasteiger partial charge in [-0.05, 0) is 6.92 Å². The highest BCUT2D eigenvalue weighted by molar-refractivity contribution is 7.89. The van der Waals surface area contributed by atoms with Crippen molar-refractivity contribution in [1.29, 1.82) is 0 Å². The fraction of sp³-hybridized carbons (Fsp3) is 0.667. The third-order valence-corrected chi connectivity index (χ3v) is 5.04. The molecule has 0 saturated heterocycles. The van der Waals surface area contributed by atoms with Gasteiger partial charge in [-0.25, -0.2) is 12.7 Å². The van der Waals surface area contributed by atoms with Crippen LogP contribution in [0.5, 0.6) is 0 Å². The van der Waals surface area contributed by atoms with E-state index in [1.165, 1.54) is 4.31 Å². The van der Waals surface area contributed by atoms with Crippen molar-refractivity contribution in [3.63, 3.8) is 0 Å². The van der Waals surface area contributed by atoms with Gasteiger partial charge in [0, 0.05) is 37.8 Å². The number of thiazole rings is 1. The summed E-state index contributed by atoms with van der Waals surface area (Å²) in [5.74, 6) is 0.114. The topological polar surface area (TPSA) is 62.3 Å². The lowest BCUT2D eigenvalue weighted by molar-refractivity contribution is 0.513. The largest absolute Gasteiger partial charge is 0.308 e. The van der Waals surface area contributed by atoms with Crippen molar-refractivity contribution in [3.8, 4) is 0 Å². The highest BCUT2D eigenvalue weighted by Gasteiger charge is 2.14. The Morgan fingerprint density at radius 2 is 2.25 bits per heavy atom. The average Bonchev–Trinajstić information content (AvgIpc) is 2.69. The molecule has 1 aromatic rings. The maximum absolute atomic E-state index is 11.5. The Hall–Kier alpha value is -0.500. The van der Waals surface area contributed by atoms with Gasteiger partial charge in [-0.3, -0.25) is 4.98 Å². The molecule has 0 aromatic carbocycles. The summed E-state index contributed by atoms with van der Waals surface area (Å²) in [6.07, 6.45) is 1.79. The summed E-state index contributed by atoms with van der Waals surface area (Å²) in [6, 6.07) is 0.143. The Morgan fingerprint density at radius 3 is 2.75 bits per heavy atom. The fourth-order valence-corrected chi connectivity index (χ4v) is 2.52. The van der Waals surface area contributed by atoms with Gasteiger partial charge in [-0.1, -0.05) is 0 Å². The number of nitrogens with one attached hydrogen (secondary N) is 1. The van der Waals surface area contributed by atoms with Crippen LogP contribution >= 0.6 is 11.3 Å². The molecule has 0 radical (unpaired) electrons. The van der Waals surface area contributed by atoms with Crippen LogP contribution < -0.4 is 5.32 Å². The molecule has 0 saturated carbocycles. The Labute approximate surface area is 101 Å².